The van der Waals surface area contributed by atoms with E-state index in [1.54, 1.807) is 0 Å². The van der Waals surface area contributed by atoms with Gasteiger partial charge in [0.05, 0.1) is 0 Å². The van der Waals surface area contributed by atoms with Gasteiger partial charge in [-0.15, -0.1) is 0 Å². The fourth-order valence-corrected chi connectivity index (χ4v) is 1.93. The second-order valence-corrected chi connectivity index (χ2v) is 5.43. The monoisotopic (exact) mass is 350 g/mol. The molecule has 0 atom stereocenters. The Morgan fingerprint density at radius 1 is 1.00 bits per heavy atom. The summed E-state index contributed by atoms with van der Waals surface area (Å²) in [6.07, 6.45) is -4.94. The Bertz CT molecular complexity index is 697. The van der Waals surface area contributed by atoms with Gasteiger partial charge in [-0.05, 0) is 17.7 Å². The number of hydrogen-bond acceptors (Lipinski definition) is 4. The van der Waals surface area contributed by atoms with Crippen LogP contribution in [0, 0.1) is 0 Å². The molecule has 0 aliphatic carbocycles. The number of ether oxygens (including phenoxy) is 2. The molecule has 0 bridgehead atoms. The number of esters is 2. The summed E-state index contributed by atoms with van der Waals surface area (Å²) in [6, 6.07) is 3.23. The Morgan fingerprint density at radius 2 is 1.54 bits per heavy atom. The van der Waals surface area contributed by atoms with Crippen LogP contribution in [0.2, 0.25) is 0 Å². The third-order valence-electron chi connectivity index (χ3n) is 3.03. The summed E-state index contributed by atoms with van der Waals surface area (Å²) in [6.45, 7) is 2.62. The van der Waals surface area contributed by atoms with E-state index in [4.69, 9.17) is 9.47 Å². The number of cyclic esters (lactones) is 2. The van der Waals surface area contributed by atoms with Gasteiger partial charge in [-0.1, -0.05) is 18.2 Å². The van der Waals surface area contributed by atoms with Crippen molar-refractivity contribution >= 4 is 18.0 Å². The van der Waals surface area contributed by atoms with Crippen molar-refractivity contribution in [3.63, 3.8) is 0 Å². The highest BCUT2D eigenvalue weighted by molar-refractivity contribution is 6.18. The highest BCUT2D eigenvalue weighted by Gasteiger charge is 2.58. The fourth-order valence-electron chi connectivity index (χ4n) is 1.93. The molecule has 1 saturated heterocycles. The number of rotatable bonds is 2. The van der Waals surface area contributed by atoms with Crippen molar-refractivity contribution in [1.82, 2.24) is 0 Å². The Kier molecular flexibility index (Phi) is 4.15. The van der Waals surface area contributed by atoms with E-state index in [2.05, 4.69) is 0 Å². The highest BCUT2D eigenvalue weighted by Crippen LogP contribution is 2.44. The van der Waals surface area contributed by atoms with E-state index in [1.807, 2.05) is 0 Å². The quantitative estimate of drug-likeness (QED) is 0.354. The van der Waals surface area contributed by atoms with Gasteiger partial charge in [0.1, 0.15) is 5.57 Å². The maximum absolute atomic E-state index is 13.3. The van der Waals surface area contributed by atoms with E-state index in [9.17, 15) is 31.5 Å². The van der Waals surface area contributed by atoms with Crippen molar-refractivity contribution < 1.29 is 41.0 Å². The lowest BCUT2D eigenvalue weighted by Crippen LogP contribution is -2.41. The molecular formula is C15H11F5O4. The smallest absolute Gasteiger partial charge is 0.419 e. The van der Waals surface area contributed by atoms with Crippen molar-refractivity contribution in [3.8, 4) is 0 Å². The highest BCUT2D eigenvalue weighted by atomic mass is 19.4. The van der Waals surface area contributed by atoms with Gasteiger partial charge in [0.15, 0.2) is 0 Å². The third kappa shape index (κ3) is 3.39. The maximum atomic E-state index is 13.3. The first-order valence-corrected chi connectivity index (χ1v) is 6.57. The molecule has 1 aromatic rings. The zero-order valence-electron chi connectivity index (χ0n) is 12.4. The molecule has 0 amide bonds. The molecule has 130 valence electrons. The van der Waals surface area contributed by atoms with Crippen LogP contribution in [-0.4, -0.2) is 23.9 Å². The summed E-state index contributed by atoms with van der Waals surface area (Å²) in [5, 5.41) is 0. The summed E-state index contributed by atoms with van der Waals surface area (Å²) in [4.78, 5) is 23.5. The van der Waals surface area contributed by atoms with E-state index < -0.39 is 41.0 Å². The number of alkyl halides is 5. The van der Waals surface area contributed by atoms with Gasteiger partial charge in [0.25, 0.3) is 5.79 Å². The van der Waals surface area contributed by atoms with Crippen LogP contribution in [0.1, 0.15) is 25.0 Å². The molecule has 0 spiro atoms. The molecule has 0 N–H and O–H groups in total. The predicted molar refractivity (Wildman–Crippen MR) is 70.6 cm³/mol. The van der Waals surface area contributed by atoms with E-state index in [0.717, 1.165) is 18.2 Å². The predicted octanol–water partition coefficient (Wildman–Crippen LogP) is 3.56. The first-order valence-electron chi connectivity index (χ1n) is 6.57. The summed E-state index contributed by atoms with van der Waals surface area (Å²) in [5.41, 5.74) is -2.14. The van der Waals surface area contributed by atoms with Crippen LogP contribution >= 0.6 is 0 Å². The largest absolute Gasteiger partial charge is 0.458 e. The van der Waals surface area contributed by atoms with Crippen LogP contribution in [0.15, 0.2) is 29.8 Å². The van der Waals surface area contributed by atoms with Crippen molar-refractivity contribution in [2.45, 2.75) is 31.7 Å². The average molecular weight is 350 g/mol. The van der Waals surface area contributed by atoms with Crippen molar-refractivity contribution in [2.24, 2.45) is 0 Å². The van der Waals surface area contributed by atoms with E-state index >= 15 is 0 Å². The Hall–Kier alpha value is -2.45. The minimum atomic E-state index is -5.77. The van der Waals surface area contributed by atoms with E-state index in [1.165, 1.54) is 13.8 Å². The molecule has 1 aliphatic heterocycles. The van der Waals surface area contributed by atoms with E-state index in [-0.39, 0.29) is 5.56 Å². The number of carbonyl (C=O) groups is 2. The standard InChI is InChI=1S/C15H11F5O4/c1-13(2)23-11(21)10(12(22)24-13)7-8-4-3-5-9(6-8)14(16,17)15(18,19)20/h3-7H,1-2H3. The number of hydrogen-bond donors (Lipinski definition) is 0. The molecule has 1 aliphatic rings. The van der Waals surface area contributed by atoms with Gasteiger partial charge in [-0.25, -0.2) is 9.59 Å². The molecule has 1 aromatic carbocycles. The molecule has 0 saturated carbocycles. The average Bonchev–Trinajstić information content (AvgIpc) is 2.41. The van der Waals surface area contributed by atoms with Gasteiger partial charge in [-0.3, -0.25) is 0 Å². The molecular weight excluding hydrogens is 339 g/mol. The lowest BCUT2D eigenvalue weighted by Gasteiger charge is -2.29. The SMILES string of the molecule is CC1(C)OC(=O)C(=Cc2cccc(C(F)(F)C(F)(F)F)c2)C(=O)O1. The lowest BCUT2D eigenvalue weighted by molar-refractivity contribution is -0.289. The van der Waals surface area contributed by atoms with Gasteiger partial charge in [0, 0.05) is 19.4 Å². The molecule has 1 fully saturated rings. The molecule has 9 heteroatoms. The Balaban J connectivity index is 2.40. The number of halogens is 5. The molecule has 4 nitrogen and oxygen atoms in total. The van der Waals surface area contributed by atoms with Crippen LogP contribution in [0.3, 0.4) is 0 Å². The summed E-state index contributed by atoms with van der Waals surface area (Å²) in [7, 11) is 0. The summed E-state index contributed by atoms with van der Waals surface area (Å²) < 4.78 is 73.5. The second-order valence-electron chi connectivity index (χ2n) is 5.43. The summed E-state index contributed by atoms with van der Waals surface area (Å²) >= 11 is 0. The van der Waals surface area contributed by atoms with Crippen molar-refractivity contribution in [3.05, 3.63) is 41.0 Å². The van der Waals surface area contributed by atoms with Crippen molar-refractivity contribution in [1.29, 1.82) is 0 Å². The number of benzene rings is 1. The minimum absolute atomic E-state index is 0.208. The Morgan fingerprint density at radius 3 is 2.04 bits per heavy atom. The zero-order valence-corrected chi connectivity index (χ0v) is 12.4. The molecule has 0 unspecified atom stereocenters. The van der Waals surface area contributed by atoms with Crippen LogP contribution in [0.4, 0.5) is 22.0 Å². The van der Waals surface area contributed by atoms with Gasteiger partial charge in [0.2, 0.25) is 0 Å². The van der Waals surface area contributed by atoms with Gasteiger partial charge in [-0.2, -0.15) is 22.0 Å². The first kappa shape index (κ1) is 17.9. The first-order chi connectivity index (χ1) is 10.8. The van der Waals surface area contributed by atoms with Gasteiger partial charge < -0.3 is 9.47 Å². The molecule has 1 heterocycles. The normalized spacial score (nSPS) is 18.0. The maximum Gasteiger partial charge on any atom is 0.458 e. The third-order valence-corrected chi connectivity index (χ3v) is 3.03. The van der Waals surface area contributed by atoms with Crippen LogP contribution in [-0.2, 0) is 25.0 Å². The fraction of sp³-hybridized carbons (Fsp3) is 0.333. The molecule has 0 aromatic heterocycles. The molecule has 0 radical (unpaired) electrons. The second kappa shape index (κ2) is 5.57. The van der Waals surface area contributed by atoms with Crippen LogP contribution in [0.25, 0.3) is 6.08 Å². The molecule has 2 rings (SSSR count). The van der Waals surface area contributed by atoms with Crippen LogP contribution in [0.5, 0.6) is 0 Å². The Labute approximate surface area is 132 Å². The summed E-state index contributed by atoms with van der Waals surface area (Å²) in [5.74, 6) is -8.69. The topological polar surface area (TPSA) is 52.6 Å². The number of carbonyl (C=O) groups excluding carboxylic acids is 2. The van der Waals surface area contributed by atoms with Gasteiger partial charge >= 0.3 is 24.0 Å². The van der Waals surface area contributed by atoms with Crippen molar-refractivity contribution in [2.75, 3.05) is 0 Å². The lowest BCUT2D eigenvalue weighted by atomic mass is 10.0. The van der Waals surface area contributed by atoms with Crippen LogP contribution < -0.4 is 0 Å². The van der Waals surface area contributed by atoms with E-state index in [0.29, 0.717) is 12.1 Å². The molecule has 24 heavy (non-hydrogen) atoms. The minimum Gasteiger partial charge on any atom is -0.419 e. The zero-order chi connectivity index (χ0) is 18.3.